The average Bonchev–Trinajstić information content (AvgIpc) is 2.85. The van der Waals surface area contributed by atoms with Crippen molar-refractivity contribution < 1.29 is 28.2 Å². The molecule has 3 N–H and O–H groups in total. The molecule has 0 unspecified atom stereocenters. The van der Waals surface area contributed by atoms with Crippen LogP contribution < -0.4 is 25.5 Å². The van der Waals surface area contributed by atoms with E-state index >= 15 is 0 Å². The van der Waals surface area contributed by atoms with Gasteiger partial charge in [-0.1, -0.05) is 41.9 Å². The van der Waals surface area contributed by atoms with Crippen LogP contribution in [0.1, 0.15) is 12.5 Å². The lowest BCUT2D eigenvalue weighted by molar-refractivity contribution is -0.136. The molecule has 0 aliphatic carbocycles. The molecule has 0 heterocycles. The number of benzene rings is 3. The van der Waals surface area contributed by atoms with E-state index in [1.165, 1.54) is 36.5 Å². The monoisotopic (exact) mass is 512 g/mol. The number of para-hydroxylation sites is 2. The van der Waals surface area contributed by atoms with Crippen molar-refractivity contribution in [3.05, 3.63) is 83.1 Å². The van der Waals surface area contributed by atoms with Gasteiger partial charge in [0.05, 0.1) is 23.5 Å². The topological polar surface area (TPSA) is 118 Å². The van der Waals surface area contributed by atoms with Crippen LogP contribution in [-0.2, 0) is 14.4 Å². The Hall–Kier alpha value is -4.44. The van der Waals surface area contributed by atoms with Gasteiger partial charge in [-0.15, -0.1) is 0 Å². The molecular formula is C25H22ClFN4O5. The molecule has 0 spiro atoms. The van der Waals surface area contributed by atoms with Crippen molar-refractivity contribution in [3.63, 3.8) is 0 Å². The summed E-state index contributed by atoms with van der Waals surface area (Å²) >= 11 is 6.33. The molecule has 0 aliphatic rings. The van der Waals surface area contributed by atoms with E-state index < -0.39 is 17.6 Å². The van der Waals surface area contributed by atoms with Gasteiger partial charge in [0.2, 0.25) is 0 Å². The van der Waals surface area contributed by atoms with Crippen LogP contribution in [0.4, 0.5) is 15.8 Å². The number of hydrogen-bond donors (Lipinski definition) is 3. The van der Waals surface area contributed by atoms with Crippen LogP contribution in [0.5, 0.6) is 11.5 Å². The Bertz CT molecular complexity index is 1270. The Kier molecular flexibility index (Phi) is 9.35. The first kappa shape index (κ1) is 26.2. The van der Waals surface area contributed by atoms with E-state index in [1.54, 1.807) is 31.2 Å². The maximum atomic E-state index is 13.6. The third kappa shape index (κ3) is 7.54. The largest absolute Gasteiger partial charge is 0.490 e. The van der Waals surface area contributed by atoms with Gasteiger partial charge < -0.3 is 20.1 Å². The number of anilines is 2. The van der Waals surface area contributed by atoms with Gasteiger partial charge in [-0.2, -0.15) is 5.10 Å². The second-order valence-electron chi connectivity index (χ2n) is 7.10. The molecule has 36 heavy (non-hydrogen) atoms. The number of carbonyl (C=O) groups is 3. The number of halogens is 2. The van der Waals surface area contributed by atoms with Crippen molar-refractivity contribution >= 4 is 46.9 Å². The summed E-state index contributed by atoms with van der Waals surface area (Å²) in [5.74, 6) is -2.85. The lowest BCUT2D eigenvalue weighted by atomic mass is 10.2. The first-order chi connectivity index (χ1) is 17.4. The van der Waals surface area contributed by atoms with Gasteiger partial charge in [-0.3, -0.25) is 14.4 Å². The fourth-order valence-electron chi connectivity index (χ4n) is 2.88. The highest BCUT2D eigenvalue weighted by Gasteiger charge is 2.16. The second-order valence-corrected chi connectivity index (χ2v) is 7.51. The van der Waals surface area contributed by atoms with Gasteiger partial charge in [-0.25, -0.2) is 9.82 Å². The van der Waals surface area contributed by atoms with Crippen LogP contribution in [0.25, 0.3) is 0 Å². The van der Waals surface area contributed by atoms with Crippen LogP contribution in [0, 0.1) is 5.82 Å². The van der Waals surface area contributed by atoms with Crippen LogP contribution in [0.15, 0.2) is 71.8 Å². The van der Waals surface area contributed by atoms with Crippen molar-refractivity contribution in [1.29, 1.82) is 0 Å². The molecule has 3 aromatic carbocycles. The zero-order chi connectivity index (χ0) is 25.9. The fourth-order valence-corrected chi connectivity index (χ4v) is 3.15. The molecule has 0 atom stereocenters. The average molecular weight is 513 g/mol. The maximum Gasteiger partial charge on any atom is 0.329 e. The smallest absolute Gasteiger partial charge is 0.329 e. The summed E-state index contributed by atoms with van der Waals surface area (Å²) in [5.41, 5.74) is 2.95. The van der Waals surface area contributed by atoms with E-state index in [4.69, 9.17) is 21.1 Å². The molecule has 0 radical (unpaired) electrons. The summed E-state index contributed by atoms with van der Waals surface area (Å²) in [6.45, 7) is 1.74. The minimum absolute atomic E-state index is 0.136. The molecule has 3 aromatic rings. The predicted octanol–water partition coefficient (Wildman–Crippen LogP) is 3.98. The van der Waals surface area contributed by atoms with E-state index in [0.717, 1.165) is 6.07 Å². The minimum atomic E-state index is -1.10. The zero-order valence-electron chi connectivity index (χ0n) is 19.1. The fraction of sp³-hybridized carbons (Fsp3) is 0.120. The van der Waals surface area contributed by atoms with Crippen molar-refractivity contribution in [1.82, 2.24) is 5.43 Å². The van der Waals surface area contributed by atoms with E-state index in [-0.39, 0.29) is 41.3 Å². The molecule has 0 bridgehead atoms. The van der Waals surface area contributed by atoms with Crippen molar-refractivity contribution in [3.8, 4) is 11.5 Å². The van der Waals surface area contributed by atoms with Gasteiger partial charge in [0.25, 0.3) is 5.91 Å². The van der Waals surface area contributed by atoms with Crippen LogP contribution in [0.2, 0.25) is 5.02 Å². The van der Waals surface area contributed by atoms with Gasteiger partial charge in [0.15, 0.2) is 18.1 Å². The van der Waals surface area contributed by atoms with Crippen molar-refractivity contribution in [2.24, 2.45) is 5.10 Å². The zero-order valence-corrected chi connectivity index (χ0v) is 19.8. The first-order valence-corrected chi connectivity index (χ1v) is 11.1. The molecule has 11 heteroatoms. The molecule has 186 valence electrons. The first-order valence-electron chi connectivity index (χ1n) is 10.7. The lowest BCUT2D eigenvalue weighted by Gasteiger charge is -2.14. The van der Waals surface area contributed by atoms with Gasteiger partial charge in [0, 0.05) is 5.69 Å². The summed E-state index contributed by atoms with van der Waals surface area (Å²) in [6.07, 6.45) is 1.23. The van der Waals surface area contributed by atoms with Crippen LogP contribution >= 0.6 is 11.6 Å². The molecule has 0 aliphatic heterocycles. The summed E-state index contributed by atoms with van der Waals surface area (Å²) < 4.78 is 24.8. The maximum absolute atomic E-state index is 13.6. The number of nitrogens with zero attached hydrogens (tertiary/aromatic N) is 1. The molecule has 3 rings (SSSR count). The SMILES string of the molecule is CCOc1cc(/C=N\NC(=O)C(=O)Nc2ccccc2F)cc(Cl)c1OCC(=O)Nc1ccccc1. The normalized spacial score (nSPS) is 10.5. The van der Waals surface area contributed by atoms with E-state index in [1.807, 2.05) is 11.5 Å². The summed E-state index contributed by atoms with van der Waals surface area (Å²) in [6, 6.07) is 17.3. The molecule has 0 saturated carbocycles. The van der Waals surface area contributed by atoms with Crippen LogP contribution in [-0.4, -0.2) is 37.1 Å². The van der Waals surface area contributed by atoms with Gasteiger partial charge in [0.1, 0.15) is 5.82 Å². The molecule has 0 fully saturated rings. The Morgan fingerprint density at radius 2 is 1.69 bits per heavy atom. The molecule has 0 aromatic heterocycles. The van der Waals surface area contributed by atoms with E-state index in [0.29, 0.717) is 11.3 Å². The number of nitrogens with one attached hydrogen (secondary N) is 3. The molecule has 9 nitrogen and oxygen atoms in total. The number of hydrogen-bond acceptors (Lipinski definition) is 6. The quantitative estimate of drug-likeness (QED) is 0.228. The molecule has 0 saturated heterocycles. The number of carbonyl (C=O) groups excluding carboxylic acids is 3. The molecular weight excluding hydrogens is 491 g/mol. The Morgan fingerprint density at radius 3 is 2.42 bits per heavy atom. The van der Waals surface area contributed by atoms with Gasteiger partial charge in [-0.05, 0) is 48.9 Å². The highest BCUT2D eigenvalue weighted by molar-refractivity contribution is 6.39. The number of ether oxygens (including phenoxy) is 2. The minimum Gasteiger partial charge on any atom is -0.490 e. The lowest BCUT2D eigenvalue weighted by Crippen LogP contribution is -2.32. The number of hydrazone groups is 1. The van der Waals surface area contributed by atoms with Crippen molar-refractivity contribution in [2.75, 3.05) is 23.8 Å². The Morgan fingerprint density at radius 1 is 0.972 bits per heavy atom. The van der Waals surface area contributed by atoms with E-state index in [9.17, 15) is 18.8 Å². The van der Waals surface area contributed by atoms with E-state index in [2.05, 4.69) is 15.7 Å². The standard InChI is InChI=1S/C25H22ClFN4O5/c1-2-35-21-13-16(14-28-31-25(34)24(33)30-20-11-7-6-10-19(20)27)12-18(26)23(21)36-15-22(32)29-17-8-4-3-5-9-17/h3-14H,2,15H2,1H3,(H,29,32)(H,30,33)(H,31,34)/b28-14-. The summed E-state index contributed by atoms with van der Waals surface area (Å²) in [5, 5.41) is 8.71. The van der Waals surface area contributed by atoms with Gasteiger partial charge >= 0.3 is 11.8 Å². The molecule has 3 amide bonds. The summed E-state index contributed by atoms with van der Waals surface area (Å²) in [7, 11) is 0. The third-order valence-corrected chi connectivity index (χ3v) is 4.73. The highest BCUT2D eigenvalue weighted by atomic mass is 35.5. The van der Waals surface area contributed by atoms with Crippen LogP contribution in [0.3, 0.4) is 0 Å². The number of amides is 3. The number of rotatable bonds is 9. The third-order valence-electron chi connectivity index (χ3n) is 4.44. The summed E-state index contributed by atoms with van der Waals surface area (Å²) in [4.78, 5) is 36.1. The Labute approximate surface area is 211 Å². The highest BCUT2D eigenvalue weighted by Crippen LogP contribution is 2.36. The van der Waals surface area contributed by atoms with Crippen molar-refractivity contribution in [2.45, 2.75) is 6.92 Å². The Balaban J connectivity index is 1.61. The second kappa shape index (κ2) is 12.9. The predicted molar refractivity (Wildman–Crippen MR) is 134 cm³/mol.